The Morgan fingerprint density at radius 2 is 1.72 bits per heavy atom. The van der Waals surface area contributed by atoms with Gasteiger partial charge in [-0.3, -0.25) is 9.59 Å². The monoisotopic (exact) mass is 484 g/mol. The normalized spacial score (nSPS) is 26.1. The molecule has 1 N–H and O–H groups in total. The van der Waals surface area contributed by atoms with E-state index in [1.54, 1.807) is 0 Å². The summed E-state index contributed by atoms with van der Waals surface area (Å²) >= 11 is 1.32. The van der Waals surface area contributed by atoms with Gasteiger partial charge in [0, 0.05) is 19.6 Å². The molecule has 0 saturated carbocycles. The van der Waals surface area contributed by atoms with Crippen LogP contribution in [-0.2, 0) is 34.0 Å². The second kappa shape index (κ2) is 10.7. The molecule has 180 valence electrons. The molecule has 0 spiro atoms. The Hall–Kier alpha value is -1.39. The van der Waals surface area contributed by atoms with Gasteiger partial charge in [0.15, 0.2) is 25.5 Å². The van der Waals surface area contributed by atoms with E-state index < -0.39 is 50.1 Å². The van der Waals surface area contributed by atoms with E-state index in [1.165, 1.54) is 25.6 Å². The predicted molar refractivity (Wildman–Crippen MR) is 127 cm³/mol. The SMILES string of the molecule is CC(=O)O[C@@H]1[C@@H](CO[Si](C)(C)C(C)(C)C)O[C@@](CO)(SCc2ccccc2)[C@H]1OC(C)=O. The fraction of sp³-hybridized carbons (Fsp3) is 0.652. The van der Waals surface area contributed by atoms with Crippen LogP contribution in [0, 0.1) is 0 Å². The summed E-state index contributed by atoms with van der Waals surface area (Å²) < 4.78 is 23.8. The topological polar surface area (TPSA) is 91.3 Å². The van der Waals surface area contributed by atoms with Crippen LogP contribution in [0.3, 0.4) is 0 Å². The number of aliphatic hydroxyl groups is 1. The number of benzene rings is 1. The molecule has 1 aliphatic heterocycles. The van der Waals surface area contributed by atoms with Crippen molar-refractivity contribution in [1.29, 1.82) is 0 Å². The molecule has 1 fully saturated rings. The average molecular weight is 485 g/mol. The Morgan fingerprint density at radius 3 is 2.22 bits per heavy atom. The molecule has 0 unspecified atom stereocenters. The Balaban J connectivity index is 2.33. The van der Waals surface area contributed by atoms with Crippen LogP contribution in [0.1, 0.15) is 40.2 Å². The number of hydrogen-bond acceptors (Lipinski definition) is 8. The molecule has 0 radical (unpaired) electrons. The molecule has 1 aliphatic rings. The highest BCUT2D eigenvalue weighted by molar-refractivity contribution is 7.99. The van der Waals surface area contributed by atoms with Gasteiger partial charge < -0.3 is 23.7 Å². The molecule has 0 aromatic heterocycles. The molecular formula is C23H36O7SSi. The van der Waals surface area contributed by atoms with E-state index in [1.807, 2.05) is 30.3 Å². The van der Waals surface area contributed by atoms with Crippen LogP contribution in [0.4, 0.5) is 0 Å². The maximum absolute atomic E-state index is 11.9. The Bertz CT molecular complexity index is 780. The lowest BCUT2D eigenvalue weighted by molar-refractivity contribution is -0.165. The van der Waals surface area contributed by atoms with E-state index in [9.17, 15) is 14.7 Å². The molecule has 1 aromatic rings. The number of esters is 2. The summed E-state index contributed by atoms with van der Waals surface area (Å²) in [5.41, 5.74) is 1.03. The molecule has 7 nitrogen and oxygen atoms in total. The molecule has 32 heavy (non-hydrogen) atoms. The maximum atomic E-state index is 11.9. The summed E-state index contributed by atoms with van der Waals surface area (Å²) in [7, 11) is -2.12. The summed E-state index contributed by atoms with van der Waals surface area (Å²) in [6.07, 6.45) is -2.56. The standard InChI is InChI=1S/C23H36O7SSi/c1-16(25)28-20-19(13-27-32(6,7)22(3,4)5)30-23(15-24,21(20)29-17(2)26)31-14-18-11-9-8-10-12-18/h8-12,19-21,24H,13-15H2,1-7H3/t19-,20-,21+,23+/m1/s1. The van der Waals surface area contributed by atoms with Crippen molar-refractivity contribution in [3.05, 3.63) is 35.9 Å². The smallest absolute Gasteiger partial charge is 0.303 e. The Morgan fingerprint density at radius 1 is 1.12 bits per heavy atom. The predicted octanol–water partition coefficient (Wildman–Crippen LogP) is 3.89. The van der Waals surface area contributed by atoms with E-state index >= 15 is 0 Å². The zero-order valence-corrected chi connectivity index (χ0v) is 21.9. The number of ether oxygens (including phenoxy) is 3. The average Bonchev–Trinajstić information content (AvgIpc) is 2.97. The van der Waals surface area contributed by atoms with Gasteiger partial charge in [0.1, 0.15) is 6.10 Å². The van der Waals surface area contributed by atoms with Crippen LogP contribution in [0.2, 0.25) is 18.1 Å². The van der Waals surface area contributed by atoms with E-state index in [2.05, 4.69) is 33.9 Å². The summed E-state index contributed by atoms with van der Waals surface area (Å²) in [5.74, 6) is -0.545. The molecule has 1 saturated heterocycles. The number of aliphatic hydroxyl groups excluding tert-OH is 1. The molecule has 4 atom stereocenters. The van der Waals surface area contributed by atoms with Gasteiger partial charge in [-0.05, 0) is 23.7 Å². The minimum atomic E-state index is -2.12. The number of thioether (sulfide) groups is 1. The van der Waals surface area contributed by atoms with Gasteiger partial charge in [-0.1, -0.05) is 51.1 Å². The van der Waals surface area contributed by atoms with Crippen LogP contribution in [0.5, 0.6) is 0 Å². The highest BCUT2D eigenvalue weighted by Gasteiger charge is 2.59. The summed E-state index contributed by atoms with van der Waals surface area (Å²) in [6.45, 7) is 13.0. The van der Waals surface area contributed by atoms with Gasteiger partial charge in [-0.25, -0.2) is 0 Å². The van der Waals surface area contributed by atoms with Gasteiger partial charge in [0.05, 0.1) is 13.2 Å². The first-order valence-electron chi connectivity index (χ1n) is 10.8. The Labute approximate surface area is 196 Å². The molecule has 0 amide bonds. The third-order valence-corrected chi connectivity index (χ3v) is 11.9. The van der Waals surface area contributed by atoms with Gasteiger partial charge in [-0.2, -0.15) is 0 Å². The second-order valence-electron chi connectivity index (χ2n) is 9.58. The zero-order valence-electron chi connectivity index (χ0n) is 20.0. The highest BCUT2D eigenvalue weighted by atomic mass is 32.2. The van der Waals surface area contributed by atoms with Gasteiger partial charge in [0.25, 0.3) is 0 Å². The third-order valence-electron chi connectivity index (χ3n) is 6.01. The van der Waals surface area contributed by atoms with Crippen molar-refractivity contribution in [2.75, 3.05) is 13.2 Å². The summed E-state index contributed by atoms with van der Waals surface area (Å²) in [5, 5.41) is 10.4. The van der Waals surface area contributed by atoms with Crippen molar-refractivity contribution in [2.24, 2.45) is 0 Å². The number of carbonyl (C=O) groups is 2. The minimum Gasteiger partial charge on any atom is -0.456 e. The fourth-order valence-corrected chi connectivity index (χ4v) is 5.45. The van der Waals surface area contributed by atoms with Crippen molar-refractivity contribution in [3.8, 4) is 0 Å². The lowest BCUT2D eigenvalue weighted by Crippen LogP contribution is -2.48. The summed E-state index contributed by atoms with van der Waals surface area (Å²) in [4.78, 5) is 22.5. The van der Waals surface area contributed by atoms with Gasteiger partial charge in [-0.15, -0.1) is 11.8 Å². The Kier molecular flexibility index (Phi) is 8.97. The number of hydrogen-bond donors (Lipinski definition) is 1. The molecule has 9 heteroatoms. The molecule has 2 rings (SSSR count). The lowest BCUT2D eigenvalue weighted by atomic mass is 10.1. The van der Waals surface area contributed by atoms with Crippen LogP contribution in [-0.4, -0.2) is 61.8 Å². The minimum absolute atomic E-state index is 0.0199. The zero-order chi connectivity index (χ0) is 24.2. The first-order chi connectivity index (χ1) is 14.8. The molecule has 0 bridgehead atoms. The highest BCUT2D eigenvalue weighted by Crippen LogP contribution is 2.45. The van der Waals surface area contributed by atoms with E-state index in [0.29, 0.717) is 5.75 Å². The van der Waals surface area contributed by atoms with Crippen molar-refractivity contribution in [2.45, 2.75) is 81.7 Å². The van der Waals surface area contributed by atoms with Gasteiger partial charge in [0.2, 0.25) is 0 Å². The molecule has 1 aromatic carbocycles. The first-order valence-corrected chi connectivity index (χ1v) is 14.7. The maximum Gasteiger partial charge on any atom is 0.303 e. The lowest BCUT2D eigenvalue weighted by Gasteiger charge is -2.37. The molecule has 1 heterocycles. The number of rotatable bonds is 9. The van der Waals surface area contributed by atoms with Crippen LogP contribution >= 0.6 is 11.8 Å². The van der Waals surface area contributed by atoms with E-state index in [0.717, 1.165) is 5.56 Å². The first kappa shape index (κ1) is 26.9. The van der Waals surface area contributed by atoms with Crippen molar-refractivity contribution >= 4 is 32.0 Å². The van der Waals surface area contributed by atoms with E-state index in [4.69, 9.17) is 18.6 Å². The molecule has 0 aliphatic carbocycles. The fourth-order valence-electron chi connectivity index (χ4n) is 3.21. The van der Waals surface area contributed by atoms with Crippen LogP contribution < -0.4 is 0 Å². The summed E-state index contributed by atoms with van der Waals surface area (Å²) in [6, 6.07) is 9.72. The number of carbonyl (C=O) groups excluding carboxylic acids is 2. The quantitative estimate of drug-likeness (QED) is 0.417. The van der Waals surface area contributed by atoms with Crippen molar-refractivity contribution in [3.63, 3.8) is 0 Å². The van der Waals surface area contributed by atoms with E-state index in [-0.39, 0.29) is 11.6 Å². The van der Waals surface area contributed by atoms with Crippen molar-refractivity contribution < 1.29 is 33.3 Å². The molecular weight excluding hydrogens is 448 g/mol. The van der Waals surface area contributed by atoms with Crippen LogP contribution in [0.25, 0.3) is 0 Å². The second-order valence-corrected chi connectivity index (χ2v) is 15.7. The van der Waals surface area contributed by atoms with Gasteiger partial charge >= 0.3 is 11.9 Å². The van der Waals surface area contributed by atoms with Crippen molar-refractivity contribution in [1.82, 2.24) is 0 Å². The third kappa shape index (κ3) is 6.57. The largest absolute Gasteiger partial charge is 0.456 e. The van der Waals surface area contributed by atoms with Crippen LogP contribution in [0.15, 0.2) is 30.3 Å².